The van der Waals surface area contributed by atoms with Gasteiger partial charge in [-0.25, -0.2) is 0 Å². The SMILES string of the molecule is C=CC1CC(C=O)C=CC1(C)C. The van der Waals surface area contributed by atoms with E-state index < -0.39 is 0 Å². The first-order valence-electron chi connectivity index (χ1n) is 4.37. The molecule has 0 aromatic heterocycles. The Balaban J connectivity index is 2.83. The monoisotopic (exact) mass is 164 g/mol. The molecule has 1 aliphatic carbocycles. The highest BCUT2D eigenvalue weighted by Gasteiger charge is 2.29. The summed E-state index contributed by atoms with van der Waals surface area (Å²) in [6, 6.07) is 0. The van der Waals surface area contributed by atoms with Gasteiger partial charge in [-0.2, -0.15) is 0 Å². The van der Waals surface area contributed by atoms with Gasteiger partial charge in [0.1, 0.15) is 6.29 Å². The van der Waals surface area contributed by atoms with Crippen molar-refractivity contribution in [1.82, 2.24) is 0 Å². The van der Waals surface area contributed by atoms with Gasteiger partial charge >= 0.3 is 0 Å². The lowest BCUT2D eigenvalue weighted by molar-refractivity contribution is -0.110. The van der Waals surface area contributed by atoms with Crippen LogP contribution in [0, 0.1) is 17.3 Å². The Hall–Kier alpha value is -0.850. The molecular formula is C11H16O. The molecule has 0 amide bonds. The predicted molar refractivity (Wildman–Crippen MR) is 50.8 cm³/mol. The smallest absolute Gasteiger partial charge is 0.126 e. The molecule has 0 aromatic rings. The molecule has 0 bridgehead atoms. The van der Waals surface area contributed by atoms with Crippen LogP contribution in [0.3, 0.4) is 0 Å². The molecule has 0 N–H and O–H groups in total. The maximum Gasteiger partial charge on any atom is 0.126 e. The zero-order valence-corrected chi connectivity index (χ0v) is 7.79. The molecule has 2 atom stereocenters. The largest absolute Gasteiger partial charge is 0.303 e. The highest BCUT2D eigenvalue weighted by Crippen LogP contribution is 2.38. The van der Waals surface area contributed by atoms with Crippen molar-refractivity contribution in [3.8, 4) is 0 Å². The lowest BCUT2D eigenvalue weighted by atomic mass is 9.70. The summed E-state index contributed by atoms with van der Waals surface area (Å²) in [5, 5.41) is 0. The van der Waals surface area contributed by atoms with Crippen LogP contribution in [-0.4, -0.2) is 6.29 Å². The third-order valence-corrected chi connectivity index (χ3v) is 2.71. The second-order valence-corrected chi connectivity index (χ2v) is 4.06. The van der Waals surface area contributed by atoms with Crippen molar-refractivity contribution in [2.75, 3.05) is 0 Å². The fourth-order valence-corrected chi connectivity index (χ4v) is 1.67. The molecule has 0 heterocycles. The first-order valence-corrected chi connectivity index (χ1v) is 4.37. The Morgan fingerprint density at radius 3 is 2.75 bits per heavy atom. The zero-order chi connectivity index (χ0) is 9.19. The standard InChI is InChI=1S/C11H16O/c1-4-10-7-9(8-12)5-6-11(10,2)3/h4-6,8-10H,1,7H2,2-3H3. The highest BCUT2D eigenvalue weighted by atomic mass is 16.1. The molecule has 0 saturated heterocycles. The summed E-state index contributed by atoms with van der Waals surface area (Å²) < 4.78 is 0. The molecule has 0 spiro atoms. The summed E-state index contributed by atoms with van der Waals surface area (Å²) in [6.07, 6.45) is 8.02. The molecule has 0 radical (unpaired) electrons. The van der Waals surface area contributed by atoms with Crippen molar-refractivity contribution in [2.45, 2.75) is 20.3 Å². The average Bonchev–Trinajstić information content (AvgIpc) is 2.04. The molecule has 2 unspecified atom stereocenters. The number of allylic oxidation sites excluding steroid dienone is 3. The van der Waals surface area contributed by atoms with Crippen LogP contribution >= 0.6 is 0 Å². The Bertz CT molecular complexity index is 213. The van der Waals surface area contributed by atoms with Gasteiger partial charge in [-0.05, 0) is 17.8 Å². The topological polar surface area (TPSA) is 17.1 Å². The Labute approximate surface area is 74.2 Å². The normalized spacial score (nSPS) is 32.8. The summed E-state index contributed by atoms with van der Waals surface area (Å²) in [4.78, 5) is 10.5. The number of hydrogen-bond acceptors (Lipinski definition) is 1. The number of hydrogen-bond donors (Lipinski definition) is 0. The van der Waals surface area contributed by atoms with Crippen LogP contribution in [0.4, 0.5) is 0 Å². The highest BCUT2D eigenvalue weighted by molar-refractivity contribution is 5.57. The van der Waals surface area contributed by atoms with Gasteiger partial charge in [-0.15, -0.1) is 6.58 Å². The van der Waals surface area contributed by atoms with Crippen molar-refractivity contribution < 1.29 is 4.79 Å². The summed E-state index contributed by atoms with van der Waals surface area (Å²) in [5.41, 5.74) is 0.168. The van der Waals surface area contributed by atoms with E-state index in [2.05, 4.69) is 26.5 Å². The van der Waals surface area contributed by atoms with E-state index in [4.69, 9.17) is 0 Å². The molecule has 12 heavy (non-hydrogen) atoms. The molecule has 1 aliphatic rings. The molecular weight excluding hydrogens is 148 g/mol. The summed E-state index contributed by atoms with van der Waals surface area (Å²) >= 11 is 0. The minimum absolute atomic E-state index is 0.0982. The molecule has 0 aliphatic heterocycles. The van der Waals surface area contributed by atoms with Crippen molar-refractivity contribution in [3.63, 3.8) is 0 Å². The maximum absolute atomic E-state index is 10.5. The average molecular weight is 164 g/mol. The zero-order valence-electron chi connectivity index (χ0n) is 7.79. The van der Waals surface area contributed by atoms with Gasteiger partial charge in [0.25, 0.3) is 0 Å². The van der Waals surface area contributed by atoms with E-state index in [1.54, 1.807) is 0 Å². The lowest BCUT2D eigenvalue weighted by Crippen LogP contribution is -2.26. The van der Waals surface area contributed by atoms with Crippen LogP contribution < -0.4 is 0 Å². The number of aldehydes is 1. The van der Waals surface area contributed by atoms with Crippen molar-refractivity contribution in [2.24, 2.45) is 17.3 Å². The van der Waals surface area contributed by atoms with E-state index in [0.29, 0.717) is 5.92 Å². The van der Waals surface area contributed by atoms with E-state index in [9.17, 15) is 4.79 Å². The summed E-state index contributed by atoms with van der Waals surface area (Å²) in [7, 11) is 0. The summed E-state index contributed by atoms with van der Waals surface area (Å²) in [6.45, 7) is 8.15. The van der Waals surface area contributed by atoms with Crippen molar-refractivity contribution >= 4 is 6.29 Å². The van der Waals surface area contributed by atoms with Crippen LogP contribution in [-0.2, 0) is 4.79 Å². The van der Waals surface area contributed by atoms with Crippen LogP contribution in [0.5, 0.6) is 0 Å². The number of rotatable bonds is 2. The Kier molecular flexibility index (Phi) is 2.51. The Morgan fingerprint density at radius 1 is 1.58 bits per heavy atom. The van der Waals surface area contributed by atoms with E-state index in [0.717, 1.165) is 12.7 Å². The van der Waals surface area contributed by atoms with Crippen LogP contribution in [0.2, 0.25) is 0 Å². The maximum atomic E-state index is 10.5. The number of carbonyl (C=O) groups is 1. The van der Waals surface area contributed by atoms with Crippen molar-refractivity contribution in [3.05, 3.63) is 24.8 Å². The number of carbonyl (C=O) groups excluding carboxylic acids is 1. The van der Waals surface area contributed by atoms with Gasteiger partial charge in [-0.3, -0.25) is 0 Å². The summed E-state index contributed by atoms with van der Waals surface area (Å²) in [5.74, 6) is 0.527. The third kappa shape index (κ3) is 1.66. The van der Waals surface area contributed by atoms with Gasteiger partial charge in [0.2, 0.25) is 0 Å². The second-order valence-electron chi connectivity index (χ2n) is 4.06. The third-order valence-electron chi connectivity index (χ3n) is 2.71. The quantitative estimate of drug-likeness (QED) is 0.453. The minimum Gasteiger partial charge on any atom is -0.303 e. The minimum atomic E-state index is 0.0982. The fraction of sp³-hybridized carbons (Fsp3) is 0.545. The lowest BCUT2D eigenvalue weighted by Gasteiger charge is -2.34. The van der Waals surface area contributed by atoms with E-state index >= 15 is 0 Å². The molecule has 66 valence electrons. The van der Waals surface area contributed by atoms with Crippen molar-refractivity contribution in [1.29, 1.82) is 0 Å². The molecule has 0 aromatic carbocycles. The van der Waals surface area contributed by atoms with E-state index in [1.807, 2.05) is 12.2 Å². The van der Waals surface area contributed by atoms with E-state index in [1.165, 1.54) is 0 Å². The molecule has 1 nitrogen and oxygen atoms in total. The first kappa shape index (κ1) is 9.24. The first-order chi connectivity index (χ1) is 5.60. The second kappa shape index (κ2) is 3.26. The van der Waals surface area contributed by atoms with Crippen LogP contribution in [0.1, 0.15) is 20.3 Å². The van der Waals surface area contributed by atoms with Gasteiger partial charge in [-0.1, -0.05) is 32.1 Å². The Morgan fingerprint density at radius 2 is 2.25 bits per heavy atom. The molecule has 0 fully saturated rings. The van der Waals surface area contributed by atoms with Crippen LogP contribution in [0.25, 0.3) is 0 Å². The molecule has 1 heteroatoms. The fourth-order valence-electron chi connectivity index (χ4n) is 1.67. The van der Waals surface area contributed by atoms with Gasteiger partial charge < -0.3 is 4.79 Å². The van der Waals surface area contributed by atoms with Crippen LogP contribution in [0.15, 0.2) is 24.8 Å². The van der Waals surface area contributed by atoms with Gasteiger partial charge in [0.05, 0.1) is 0 Å². The van der Waals surface area contributed by atoms with Gasteiger partial charge in [0.15, 0.2) is 0 Å². The van der Waals surface area contributed by atoms with E-state index in [-0.39, 0.29) is 11.3 Å². The molecule has 0 saturated carbocycles. The van der Waals surface area contributed by atoms with Gasteiger partial charge in [0, 0.05) is 5.92 Å². The molecule has 1 rings (SSSR count). The predicted octanol–water partition coefficient (Wildman–Crippen LogP) is 2.59.